The average Bonchev–Trinajstić information content (AvgIpc) is 1.81. The number of carbonyl (C=O) groups is 3. The molecule has 0 aromatic rings. The van der Waals surface area contributed by atoms with Gasteiger partial charge in [-0.1, -0.05) is 0 Å². The highest BCUT2D eigenvalue weighted by Gasteiger charge is 2.19. The molecule has 0 heterocycles. The number of carbonyl (C=O) groups excluding carboxylic acids is 3. The fraction of sp³-hybridized carbons (Fsp3) is 0.250. The fourth-order valence-electron chi connectivity index (χ4n) is 0.373. The molecular formula is C4H7N3O3. The van der Waals surface area contributed by atoms with Crippen LogP contribution in [0, 0.1) is 0 Å². The lowest BCUT2D eigenvalue weighted by atomic mass is 10.3. The Morgan fingerprint density at radius 1 is 1.30 bits per heavy atom. The van der Waals surface area contributed by atoms with Gasteiger partial charge in [-0.05, 0) is 0 Å². The Bertz CT molecular complexity index is 153. The fourth-order valence-corrected chi connectivity index (χ4v) is 0.373. The number of primary amides is 2. The first-order valence-electron chi connectivity index (χ1n) is 2.38. The first kappa shape index (κ1) is 8.41. The standard InChI is InChI=1S/C4H7N3O3/c5-3(9)2(4(6)10)7-1-8/h1-2H,(H2,5,9)(H2,6,10)(H,7,8). The molecule has 0 aliphatic carbocycles. The summed E-state index contributed by atoms with van der Waals surface area (Å²) in [7, 11) is 0. The molecule has 6 heteroatoms. The maximum absolute atomic E-state index is 10.2. The van der Waals surface area contributed by atoms with Crippen molar-refractivity contribution in [2.45, 2.75) is 6.04 Å². The van der Waals surface area contributed by atoms with Crippen LogP contribution in [-0.2, 0) is 14.4 Å². The Hall–Kier alpha value is -1.59. The van der Waals surface area contributed by atoms with Crippen LogP contribution in [-0.4, -0.2) is 24.3 Å². The van der Waals surface area contributed by atoms with Crippen molar-refractivity contribution in [3.05, 3.63) is 0 Å². The molecule has 0 spiro atoms. The lowest BCUT2D eigenvalue weighted by Gasteiger charge is -2.05. The summed E-state index contributed by atoms with van der Waals surface area (Å²) < 4.78 is 0. The van der Waals surface area contributed by atoms with Gasteiger partial charge in [-0.25, -0.2) is 0 Å². The topological polar surface area (TPSA) is 115 Å². The molecule has 5 N–H and O–H groups in total. The minimum absolute atomic E-state index is 0.181. The van der Waals surface area contributed by atoms with E-state index in [0.29, 0.717) is 0 Å². The van der Waals surface area contributed by atoms with Crippen LogP contribution in [0.25, 0.3) is 0 Å². The number of hydrogen-bond acceptors (Lipinski definition) is 3. The van der Waals surface area contributed by atoms with E-state index < -0.39 is 17.9 Å². The van der Waals surface area contributed by atoms with E-state index in [4.69, 9.17) is 0 Å². The maximum atomic E-state index is 10.2. The van der Waals surface area contributed by atoms with E-state index in [1.54, 1.807) is 0 Å². The Balaban J connectivity index is 4.11. The van der Waals surface area contributed by atoms with Crippen LogP contribution < -0.4 is 16.8 Å². The third-order valence-corrected chi connectivity index (χ3v) is 0.804. The molecule has 0 bridgehead atoms. The predicted molar refractivity (Wildman–Crippen MR) is 31.4 cm³/mol. The lowest BCUT2D eigenvalue weighted by Crippen LogP contribution is -2.49. The smallest absolute Gasteiger partial charge is 0.249 e. The molecule has 6 nitrogen and oxygen atoms in total. The van der Waals surface area contributed by atoms with Crippen molar-refractivity contribution in [1.29, 1.82) is 0 Å². The Morgan fingerprint density at radius 3 is 1.80 bits per heavy atom. The van der Waals surface area contributed by atoms with Gasteiger partial charge in [0.15, 0.2) is 6.04 Å². The van der Waals surface area contributed by atoms with E-state index in [-0.39, 0.29) is 6.41 Å². The normalized spacial score (nSPS) is 8.90. The van der Waals surface area contributed by atoms with Gasteiger partial charge in [0.1, 0.15) is 0 Å². The van der Waals surface area contributed by atoms with E-state index in [1.807, 2.05) is 5.32 Å². The molecule has 0 fully saturated rings. The van der Waals surface area contributed by atoms with Crippen LogP contribution in [0.2, 0.25) is 0 Å². The summed E-state index contributed by atoms with van der Waals surface area (Å²) in [5, 5.41) is 1.85. The summed E-state index contributed by atoms with van der Waals surface area (Å²) in [6, 6.07) is -1.41. The molecule has 0 rings (SSSR count). The summed E-state index contributed by atoms with van der Waals surface area (Å²) in [6.07, 6.45) is 0.181. The van der Waals surface area contributed by atoms with Crippen molar-refractivity contribution in [3.8, 4) is 0 Å². The molecule has 0 aliphatic rings. The van der Waals surface area contributed by atoms with Crippen molar-refractivity contribution < 1.29 is 14.4 Å². The molecule has 0 radical (unpaired) electrons. The monoisotopic (exact) mass is 145 g/mol. The molecule has 0 unspecified atom stereocenters. The molecule has 0 atom stereocenters. The van der Waals surface area contributed by atoms with E-state index in [1.165, 1.54) is 0 Å². The second kappa shape index (κ2) is 3.44. The highest BCUT2D eigenvalue weighted by molar-refractivity contribution is 6.04. The summed E-state index contributed by atoms with van der Waals surface area (Å²) >= 11 is 0. The SMILES string of the molecule is NC(=O)C(NC=O)C(N)=O. The largest absolute Gasteiger partial charge is 0.367 e. The number of nitrogens with two attached hydrogens (primary N) is 2. The van der Waals surface area contributed by atoms with Crippen LogP contribution in [0.4, 0.5) is 0 Å². The van der Waals surface area contributed by atoms with E-state index in [9.17, 15) is 14.4 Å². The van der Waals surface area contributed by atoms with Crippen molar-refractivity contribution >= 4 is 18.2 Å². The van der Waals surface area contributed by atoms with Gasteiger partial charge in [-0.2, -0.15) is 0 Å². The number of hydrogen-bond donors (Lipinski definition) is 3. The van der Waals surface area contributed by atoms with Gasteiger partial charge in [-0.3, -0.25) is 14.4 Å². The number of nitrogens with one attached hydrogen (secondary N) is 1. The van der Waals surface area contributed by atoms with Crippen LogP contribution >= 0.6 is 0 Å². The molecule has 0 aromatic carbocycles. The van der Waals surface area contributed by atoms with Gasteiger partial charge in [-0.15, -0.1) is 0 Å². The van der Waals surface area contributed by atoms with Gasteiger partial charge < -0.3 is 16.8 Å². The minimum atomic E-state index is -1.41. The molecule has 0 saturated heterocycles. The van der Waals surface area contributed by atoms with Crippen LogP contribution in [0.15, 0.2) is 0 Å². The summed E-state index contributed by atoms with van der Waals surface area (Å²) in [5.41, 5.74) is 9.33. The van der Waals surface area contributed by atoms with Crippen molar-refractivity contribution in [2.75, 3.05) is 0 Å². The molecule has 56 valence electrons. The number of amides is 3. The van der Waals surface area contributed by atoms with Crippen LogP contribution in [0.1, 0.15) is 0 Å². The van der Waals surface area contributed by atoms with E-state index in [2.05, 4.69) is 11.5 Å². The average molecular weight is 145 g/mol. The summed E-state index contributed by atoms with van der Waals surface area (Å²) in [5.74, 6) is -1.95. The van der Waals surface area contributed by atoms with Gasteiger partial charge in [0.2, 0.25) is 18.2 Å². The first-order valence-corrected chi connectivity index (χ1v) is 2.38. The predicted octanol–water partition coefficient (Wildman–Crippen LogP) is -2.93. The lowest BCUT2D eigenvalue weighted by molar-refractivity contribution is -0.131. The molecular weight excluding hydrogens is 138 g/mol. The summed E-state index contributed by atoms with van der Waals surface area (Å²) in [4.78, 5) is 30.2. The molecule has 0 aromatic heterocycles. The zero-order valence-electron chi connectivity index (χ0n) is 5.03. The second-order valence-electron chi connectivity index (χ2n) is 1.52. The van der Waals surface area contributed by atoms with Crippen LogP contribution in [0.3, 0.4) is 0 Å². The Kier molecular flexibility index (Phi) is 2.89. The quantitative estimate of drug-likeness (QED) is 0.290. The summed E-state index contributed by atoms with van der Waals surface area (Å²) in [6.45, 7) is 0. The first-order chi connectivity index (χ1) is 4.59. The van der Waals surface area contributed by atoms with E-state index >= 15 is 0 Å². The maximum Gasteiger partial charge on any atom is 0.249 e. The second-order valence-corrected chi connectivity index (χ2v) is 1.52. The Labute approximate surface area is 56.5 Å². The molecule has 0 aliphatic heterocycles. The van der Waals surface area contributed by atoms with Crippen LogP contribution in [0.5, 0.6) is 0 Å². The molecule has 10 heavy (non-hydrogen) atoms. The molecule has 3 amide bonds. The number of rotatable bonds is 4. The Morgan fingerprint density at radius 2 is 1.70 bits per heavy atom. The zero-order valence-corrected chi connectivity index (χ0v) is 5.03. The van der Waals surface area contributed by atoms with Crippen molar-refractivity contribution in [1.82, 2.24) is 5.32 Å². The van der Waals surface area contributed by atoms with E-state index in [0.717, 1.165) is 0 Å². The molecule has 0 saturated carbocycles. The van der Waals surface area contributed by atoms with Crippen molar-refractivity contribution in [2.24, 2.45) is 11.5 Å². The highest BCUT2D eigenvalue weighted by Crippen LogP contribution is 1.75. The highest BCUT2D eigenvalue weighted by atomic mass is 16.2. The van der Waals surface area contributed by atoms with Gasteiger partial charge in [0, 0.05) is 0 Å². The van der Waals surface area contributed by atoms with Crippen molar-refractivity contribution in [3.63, 3.8) is 0 Å². The third kappa shape index (κ3) is 2.12. The minimum Gasteiger partial charge on any atom is -0.367 e. The van der Waals surface area contributed by atoms with Gasteiger partial charge in [0.25, 0.3) is 0 Å². The zero-order chi connectivity index (χ0) is 8.15. The third-order valence-electron chi connectivity index (χ3n) is 0.804. The van der Waals surface area contributed by atoms with Gasteiger partial charge in [0.05, 0.1) is 0 Å². The van der Waals surface area contributed by atoms with Gasteiger partial charge >= 0.3 is 0 Å².